The van der Waals surface area contributed by atoms with Crippen LogP contribution in [0.2, 0.25) is 0 Å². The number of rotatable bonds is 12. The Morgan fingerprint density at radius 3 is 1.78 bits per heavy atom. The maximum absolute atomic E-state index is 10.7. The summed E-state index contributed by atoms with van der Waals surface area (Å²) in [5.74, 6) is -0.0156. The summed E-state index contributed by atoms with van der Waals surface area (Å²) in [4.78, 5) is 10.7. The summed E-state index contributed by atoms with van der Waals surface area (Å²) >= 11 is 0. The van der Waals surface area contributed by atoms with Crippen LogP contribution >= 0.6 is 0 Å². The van der Waals surface area contributed by atoms with Gasteiger partial charge in [-0.25, -0.2) is 4.79 Å². The van der Waals surface area contributed by atoms with Crippen LogP contribution in [-0.2, 0) is 9.53 Å². The van der Waals surface area contributed by atoms with Crippen molar-refractivity contribution in [3.05, 3.63) is 0 Å². The van der Waals surface area contributed by atoms with Crippen molar-refractivity contribution in [1.29, 1.82) is 0 Å². The molecule has 0 aliphatic carbocycles. The molecule has 0 rings (SSSR count). The Morgan fingerprint density at radius 2 is 1.39 bits per heavy atom. The van der Waals surface area contributed by atoms with Crippen LogP contribution < -0.4 is 0 Å². The molecule has 0 radical (unpaired) electrons. The summed E-state index contributed by atoms with van der Waals surface area (Å²) in [5.41, 5.74) is 0. The molecular weight excluding hydrogens is 228 g/mol. The maximum Gasteiger partial charge on any atom is 0.332 e. The van der Waals surface area contributed by atoms with Crippen LogP contribution in [0.5, 0.6) is 0 Å². The van der Waals surface area contributed by atoms with Crippen molar-refractivity contribution in [2.45, 2.75) is 77.7 Å². The van der Waals surface area contributed by atoms with E-state index in [4.69, 9.17) is 9.84 Å². The average Bonchev–Trinajstić information content (AvgIpc) is 2.31. The second-order valence-electron chi connectivity index (χ2n) is 5.51. The first-order valence-electron chi connectivity index (χ1n) is 7.33. The number of aliphatic carboxylic acids is 1. The molecule has 0 saturated heterocycles. The molecule has 0 aromatic carbocycles. The van der Waals surface area contributed by atoms with E-state index in [1.807, 2.05) is 0 Å². The average molecular weight is 258 g/mol. The molecule has 0 aromatic rings. The molecule has 0 aliphatic rings. The maximum atomic E-state index is 10.7. The molecule has 3 nitrogen and oxygen atoms in total. The quantitative estimate of drug-likeness (QED) is 0.532. The van der Waals surface area contributed by atoms with Crippen molar-refractivity contribution in [3.63, 3.8) is 0 Å². The standard InChI is InChI=1S/C15H30O3/c1-13(2)11-9-7-5-4-6-8-10-12-14(18-3)15(16)17/h13-14H,4-12H2,1-3H3,(H,16,17). The minimum Gasteiger partial charge on any atom is -0.479 e. The fourth-order valence-electron chi connectivity index (χ4n) is 2.11. The lowest BCUT2D eigenvalue weighted by atomic mass is 10.0. The first-order chi connectivity index (χ1) is 8.57. The van der Waals surface area contributed by atoms with Gasteiger partial charge in [0.05, 0.1) is 0 Å². The van der Waals surface area contributed by atoms with Gasteiger partial charge in [0.1, 0.15) is 0 Å². The van der Waals surface area contributed by atoms with Gasteiger partial charge in [-0.1, -0.05) is 65.2 Å². The summed E-state index contributed by atoms with van der Waals surface area (Å²) in [6, 6.07) is 0. The topological polar surface area (TPSA) is 46.5 Å². The Balaban J connectivity index is 3.23. The largest absolute Gasteiger partial charge is 0.479 e. The highest BCUT2D eigenvalue weighted by molar-refractivity contribution is 5.72. The van der Waals surface area contributed by atoms with Gasteiger partial charge < -0.3 is 9.84 Å². The Labute approximate surface area is 112 Å². The number of carboxylic acids is 1. The van der Waals surface area contributed by atoms with Crippen LogP contribution in [0.25, 0.3) is 0 Å². The van der Waals surface area contributed by atoms with E-state index in [0.717, 1.165) is 18.8 Å². The monoisotopic (exact) mass is 258 g/mol. The normalized spacial score (nSPS) is 12.9. The lowest BCUT2D eigenvalue weighted by Gasteiger charge is -2.09. The molecule has 1 N–H and O–H groups in total. The molecule has 1 atom stereocenters. The van der Waals surface area contributed by atoms with Crippen molar-refractivity contribution in [2.75, 3.05) is 7.11 Å². The second kappa shape index (κ2) is 11.5. The number of ether oxygens (including phenoxy) is 1. The molecule has 0 bridgehead atoms. The second-order valence-corrected chi connectivity index (χ2v) is 5.51. The molecular formula is C15H30O3. The van der Waals surface area contributed by atoms with Gasteiger partial charge in [0, 0.05) is 7.11 Å². The van der Waals surface area contributed by atoms with Gasteiger partial charge in [-0.2, -0.15) is 0 Å². The highest BCUT2D eigenvalue weighted by Gasteiger charge is 2.14. The van der Waals surface area contributed by atoms with Crippen LogP contribution in [0.15, 0.2) is 0 Å². The zero-order valence-electron chi connectivity index (χ0n) is 12.3. The van der Waals surface area contributed by atoms with E-state index in [0.29, 0.717) is 6.42 Å². The van der Waals surface area contributed by atoms with E-state index in [1.54, 1.807) is 0 Å². The van der Waals surface area contributed by atoms with E-state index in [9.17, 15) is 4.79 Å². The molecule has 0 aliphatic heterocycles. The third kappa shape index (κ3) is 10.6. The van der Waals surface area contributed by atoms with E-state index in [1.165, 1.54) is 45.6 Å². The predicted molar refractivity (Wildman–Crippen MR) is 74.8 cm³/mol. The fourth-order valence-corrected chi connectivity index (χ4v) is 2.11. The number of methoxy groups -OCH3 is 1. The van der Waals surface area contributed by atoms with E-state index >= 15 is 0 Å². The summed E-state index contributed by atoms with van der Waals surface area (Å²) in [6.45, 7) is 4.54. The zero-order chi connectivity index (χ0) is 13.8. The summed E-state index contributed by atoms with van der Waals surface area (Å²) in [6.07, 6.45) is 9.95. The smallest absolute Gasteiger partial charge is 0.332 e. The minimum absolute atomic E-state index is 0.615. The Kier molecular flexibility index (Phi) is 11.2. The van der Waals surface area contributed by atoms with Crippen molar-refractivity contribution < 1.29 is 14.6 Å². The highest BCUT2D eigenvalue weighted by Crippen LogP contribution is 2.13. The van der Waals surface area contributed by atoms with Gasteiger partial charge in [-0.15, -0.1) is 0 Å². The molecule has 18 heavy (non-hydrogen) atoms. The van der Waals surface area contributed by atoms with Crippen LogP contribution in [0.1, 0.15) is 71.6 Å². The van der Waals surface area contributed by atoms with Crippen LogP contribution in [0.3, 0.4) is 0 Å². The van der Waals surface area contributed by atoms with Crippen molar-refractivity contribution >= 4 is 5.97 Å². The Hall–Kier alpha value is -0.570. The van der Waals surface area contributed by atoms with E-state index in [-0.39, 0.29) is 0 Å². The molecule has 0 amide bonds. The first-order valence-corrected chi connectivity index (χ1v) is 7.33. The molecule has 0 saturated carbocycles. The number of carboxylic acid groups (broad SMARTS) is 1. The highest BCUT2D eigenvalue weighted by atomic mass is 16.5. The minimum atomic E-state index is -0.841. The lowest BCUT2D eigenvalue weighted by Crippen LogP contribution is -2.21. The van der Waals surface area contributed by atoms with Crippen molar-refractivity contribution in [2.24, 2.45) is 5.92 Å². The molecule has 0 spiro atoms. The number of unbranched alkanes of at least 4 members (excludes halogenated alkanes) is 6. The summed E-state index contributed by atoms with van der Waals surface area (Å²) < 4.78 is 4.89. The first kappa shape index (κ1) is 17.4. The van der Waals surface area contributed by atoms with Crippen LogP contribution in [0, 0.1) is 5.92 Å². The Morgan fingerprint density at radius 1 is 0.944 bits per heavy atom. The molecule has 3 heteroatoms. The van der Waals surface area contributed by atoms with Gasteiger partial charge >= 0.3 is 5.97 Å². The van der Waals surface area contributed by atoms with E-state index < -0.39 is 12.1 Å². The molecule has 0 aromatic heterocycles. The van der Waals surface area contributed by atoms with Crippen LogP contribution in [-0.4, -0.2) is 24.3 Å². The molecule has 0 heterocycles. The van der Waals surface area contributed by atoms with Gasteiger partial charge in [-0.05, 0) is 12.3 Å². The summed E-state index contributed by atoms with van der Waals surface area (Å²) in [7, 11) is 1.47. The number of hydrogen-bond acceptors (Lipinski definition) is 2. The van der Waals surface area contributed by atoms with Crippen LogP contribution in [0.4, 0.5) is 0 Å². The molecule has 1 unspecified atom stereocenters. The van der Waals surface area contributed by atoms with Gasteiger partial charge in [0.15, 0.2) is 6.10 Å². The predicted octanol–water partition coefficient (Wildman–Crippen LogP) is 4.25. The zero-order valence-corrected chi connectivity index (χ0v) is 12.3. The van der Waals surface area contributed by atoms with Gasteiger partial charge in [0.25, 0.3) is 0 Å². The molecule has 0 fully saturated rings. The van der Waals surface area contributed by atoms with Gasteiger partial charge in [0.2, 0.25) is 0 Å². The van der Waals surface area contributed by atoms with Gasteiger partial charge in [-0.3, -0.25) is 0 Å². The Bertz CT molecular complexity index is 202. The number of carbonyl (C=O) groups is 1. The summed E-state index contributed by atoms with van der Waals surface area (Å²) in [5, 5.41) is 8.79. The molecule has 108 valence electrons. The third-order valence-corrected chi connectivity index (χ3v) is 3.31. The van der Waals surface area contributed by atoms with Crippen molar-refractivity contribution in [3.8, 4) is 0 Å². The number of hydrogen-bond donors (Lipinski definition) is 1. The SMILES string of the molecule is COC(CCCCCCCCCC(C)C)C(=O)O. The van der Waals surface area contributed by atoms with Crippen molar-refractivity contribution in [1.82, 2.24) is 0 Å². The lowest BCUT2D eigenvalue weighted by molar-refractivity contribution is -0.148. The third-order valence-electron chi connectivity index (χ3n) is 3.31. The fraction of sp³-hybridized carbons (Fsp3) is 0.933. The van der Waals surface area contributed by atoms with E-state index in [2.05, 4.69) is 13.8 Å².